The summed E-state index contributed by atoms with van der Waals surface area (Å²) < 4.78 is 5.54. The zero-order valence-corrected chi connectivity index (χ0v) is 9.19. The van der Waals surface area contributed by atoms with E-state index in [1.165, 1.54) is 5.56 Å². The molecule has 0 unspecified atom stereocenters. The summed E-state index contributed by atoms with van der Waals surface area (Å²) in [6.07, 6.45) is 4.26. The Morgan fingerprint density at radius 1 is 0.933 bits per heavy atom. The highest BCUT2D eigenvalue weighted by atomic mass is 16.5. The minimum absolute atomic E-state index is 0.310. The van der Waals surface area contributed by atoms with E-state index in [2.05, 4.69) is 12.1 Å². The molecular formula is C13H20O2. The Bertz CT molecular complexity index is 234. The largest absolute Gasteiger partial charge is 0.396 e. The second-order valence-corrected chi connectivity index (χ2v) is 3.68. The second kappa shape index (κ2) is 8.45. The Morgan fingerprint density at radius 3 is 2.40 bits per heavy atom. The predicted octanol–water partition coefficient (Wildman–Crippen LogP) is 2.76. The molecule has 2 nitrogen and oxygen atoms in total. The number of hydrogen-bond acceptors (Lipinski definition) is 2. The van der Waals surface area contributed by atoms with Crippen molar-refractivity contribution in [1.29, 1.82) is 0 Å². The van der Waals surface area contributed by atoms with Crippen LogP contribution in [0.4, 0.5) is 0 Å². The normalized spacial score (nSPS) is 10.5. The molecule has 15 heavy (non-hydrogen) atoms. The van der Waals surface area contributed by atoms with E-state index in [1.807, 2.05) is 18.2 Å². The van der Waals surface area contributed by atoms with Crippen LogP contribution in [0, 0.1) is 0 Å². The first-order valence-corrected chi connectivity index (χ1v) is 5.66. The van der Waals surface area contributed by atoms with Gasteiger partial charge < -0.3 is 9.84 Å². The second-order valence-electron chi connectivity index (χ2n) is 3.68. The molecule has 0 saturated heterocycles. The van der Waals surface area contributed by atoms with Crippen LogP contribution < -0.4 is 0 Å². The van der Waals surface area contributed by atoms with Crippen LogP contribution in [0.2, 0.25) is 0 Å². The average Bonchev–Trinajstić information content (AvgIpc) is 2.29. The standard InChI is InChI=1S/C13H20O2/c14-10-6-1-2-7-11-15-12-13-8-4-3-5-9-13/h3-5,8-9,14H,1-2,6-7,10-12H2. The molecule has 0 aliphatic carbocycles. The average molecular weight is 208 g/mol. The maximum absolute atomic E-state index is 8.59. The minimum atomic E-state index is 0.310. The lowest BCUT2D eigenvalue weighted by atomic mass is 10.2. The molecule has 0 bridgehead atoms. The van der Waals surface area contributed by atoms with Gasteiger partial charge in [0.2, 0.25) is 0 Å². The fourth-order valence-electron chi connectivity index (χ4n) is 1.43. The molecule has 0 saturated carbocycles. The van der Waals surface area contributed by atoms with Gasteiger partial charge in [0, 0.05) is 13.2 Å². The molecule has 1 rings (SSSR count). The van der Waals surface area contributed by atoms with Crippen molar-refractivity contribution in [3.63, 3.8) is 0 Å². The van der Waals surface area contributed by atoms with Crippen molar-refractivity contribution in [3.05, 3.63) is 35.9 Å². The van der Waals surface area contributed by atoms with Crippen LogP contribution in [0.1, 0.15) is 31.2 Å². The molecule has 84 valence electrons. The van der Waals surface area contributed by atoms with Crippen LogP contribution in [0.15, 0.2) is 30.3 Å². The Labute approximate surface area is 91.9 Å². The van der Waals surface area contributed by atoms with Gasteiger partial charge in [-0.3, -0.25) is 0 Å². The molecule has 0 heterocycles. The summed E-state index contributed by atoms with van der Waals surface area (Å²) in [7, 11) is 0. The van der Waals surface area contributed by atoms with Crippen LogP contribution in [-0.4, -0.2) is 18.3 Å². The summed E-state index contributed by atoms with van der Waals surface area (Å²) in [5.41, 5.74) is 1.23. The van der Waals surface area contributed by atoms with E-state index >= 15 is 0 Å². The molecule has 1 N–H and O–H groups in total. The number of ether oxygens (including phenoxy) is 1. The lowest BCUT2D eigenvalue weighted by Gasteiger charge is -2.03. The molecule has 1 aromatic carbocycles. The van der Waals surface area contributed by atoms with Gasteiger partial charge in [0.25, 0.3) is 0 Å². The zero-order valence-electron chi connectivity index (χ0n) is 9.19. The van der Waals surface area contributed by atoms with Crippen molar-refractivity contribution < 1.29 is 9.84 Å². The third kappa shape index (κ3) is 6.26. The van der Waals surface area contributed by atoms with Crippen molar-refractivity contribution >= 4 is 0 Å². The van der Waals surface area contributed by atoms with E-state index in [0.29, 0.717) is 13.2 Å². The Kier molecular flexibility index (Phi) is 6.88. The fraction of sp³-hybridized carbons (Fsp3) is 0.538. The van der Waals surface area contributed by atoms with E-state index < -0.39 is 0 Å². The highest BCUT2D eigenvalue weighted by molar-refractivity contribution is 5.13. The molecule has 0 aromatic heterocycles. The summed E-state index contributed by atoms with van der Waals surface area (Å²) in [6.45, 7) is 1.84. The number of benzene rings is 1. The van der Waals surface area contributed by atoms with E-state index in [9.17, 15) is 0 Å². The highest BCUT2D eigenvalue weighted by Crippen LogP contribution is 2.03. The molecule has 0 amide bonds. The third-order valence-electron chi connectivity index (χ3n) is 2.31. The molecule has 0 aliphatic heterocycles. The quantitative estimate of drug-likeness (QED) is 0.666. The van der Waals surface area contributed by atoms with Crippen LogP contribution in [0.25, 0.3) is 0 Å². The number of hydrogen-bond donors (Lipinski definition) is 1. The molecule has 0 radical (unpaired) electrons. The number of rotatable bonds is 8. The predicted molar refractivity (Wildman–Crippen MR) is 61.7 cm³/mol. The highest BCUT2D eigenvalue weighted by Gasteiger charge is 1.92. The molecule has 0 fully saturated rings. The summed E-state index contributed by atoms with van der Waals surface area (Å²) in [6, 6.07) is 10.2. The van der Waals surface area contributed by atoms with Crippen molar-refractivity contribution in [2.24, 2.45) is 0 Å². The van der Waals surface area contributed by atoms with Crippen LogP contribution in [-0.2, 0) is 11.3 Å². The Hall–Kier alpha value is -0.860. The van der Waals surface area contributed by atoms with Gasteiger partial charge in [-0.2, -0.15) is 0 Å². The minimum Gasteiger partial charge on any atom is -0.396 e. The fourth-order valence-corrected chi connectivity index (χ4v) is 1.43. The lowest BCUT2D eigenvalue weighted by Crippen LogP contribution is -1.95. The molecule has 1 aromatic rings. The lowest BCUT2D eigenvalue weighted by molar-refractivity contribution is 0.116. The number of unbranched alkanes of at least 4 members (excludes halogenated alkanes) is 3. The van der Waals surface area contributed by atoms with E-state index in [4.69, 9.17) is 9.84 Å². The monoisotopic (exact) mass is 208 g/mol. The number of aliphatic hydroxyl groups is 1. The van der Waals surface area contributed by atoms with Crippen molar-refractivity contribution in [2.45, 2.75) is 32.3 Å². The topological polar surface area (TPSA) is 29.5 Å². The molecule has 0 spiro atoms. The Morgan fingerprint density at radius 2 is 1.67 bits per heavy atom. The van der Waals surface area contributed by atoms with Crippen LogP contribution in [0.5, 0.6) is 0 Å². The maximum atomic E-state index is 8.59. The van der Waals surface area contributed by atoms with Gasteiger partial charge in [-0.1, -0.05) is 43.2 Å². The maximum Gasteiger partial charge on any atom is 0.0716 e. The van der Waals surface area contributed by atoms with Gasteiger partial charge in [0.15, 0.2) is 0 Å². The molecule has 0 aliphatic rings. The first-order chi connectivity index (χ1) is 7.43. The van der Waals surface area contributed by atoms with Gasteiger partial charge in [-0.05, 0) is 18.4 Å². The third-order valence-corrected chi connectivity index (χ3v) is 2.31. The van der Waals surface area contributed by atoms with Crippen LogP contribution in [0.3, 0.4) is 0 Å². The van der Waals surface area contributed by atoms with E-state index in [-0.39, 0.29) is 0 Å². The van der Waals surface area contributed by atoms with Gasteiger partial charge in [0.1, 0.15) is 0 Å². The van der Waals surface area contributed by atoms with E-state index in [0.717, 1.165) is 32.3 Å². The van der Waals surface area contributed by atoms with Gasteiger partial charge in [-0.25, -0.2) is 0 Å². The zero-order chi connectivity index (χ0) is 10.8. The summed E-state index contributed by atoms with van der Waals surface area (Å²) in [5, 5.41) is 8.59. The van der Waals surface area contributed by atoms with Crippen molar-refractivity contribution in [2.75, 3.05) is 13.2 Å². The smallest absolute Gasteiger partial charge is 0.0716 e. The van der Waals surface area contributed by atoms with Crippen molar-refractivity contribution in [3.8, 4) is 0 Å². The van der Waals surface area contributed by atoms with Gasteiger partial charge in [0.05, 0.1) is 6.61 Å². The first kappa shape index (κ1) is 12.2. The SMILES string of the molecule is OCCCCCCOCc1ccccc1. The summed E-state index contributed by atoms with van der Waals surface area (Å²) in [4.78, 5) is 0. The first-order valence-electron chi connectivity index (χ1n) is 5.66. The summed E-state index contributed by atoms with van der Waals surface area (Å²) in [5.74, 6) is 0. The van der Waals surface area contributed by atoms with E-state index in [1.54, 1.807) is 0 Å². The van der Waals surface area contributed by atoms with Crippen LogP contribution >= 0.6 is 0 Å². The van der Waals surface area contributed by atoms with Gasteiger partial charge in [-0.15, -0.1) is 0 Å². The molecule has 0 atom stereocenters. The Balaban J connectivity index is 1.93. The van der Waals surface area contributed by atoms with Crippen molar-refractivity contribution in [1.82, 2.24) is 0 Å². The number of aliphatic hydroxyl groups excluding tert-OH is 1. The van der Waals surface area contributed by atoms with Gasteiger partial charge >= 0.3 is 0 Å². The molecule has 2 heteroatoms. The molecular weight excluding hydrogens is 188 g/mol. The summed E-state index contributed by atoms with van der Waals surface area (Å²) >= 11 is 0.